The third kappa shape index (κ3) is 4.35. The molecule has 0 saturated heterocycles. The molecule has 1 unspecified atom stereocenters. The lowest BCUT2D eigenvalue weighted by Gasteiger charge is -2.12. The third-order valence-corrected chi connectivity index (χ3v) is 2.96. The van der Waals surface area contributed by atoms with E-state index in [-0.39, 0.29) is 0 Å². The molecule has 0 aliphatic rings. The number of carboxylic acid groups (broad SMARTS) is 1. The van der Waals surface area contributed by atoms with Crippen LogP contribution in [0.25, 0.3) is 0 Å². The maximum atomic E-state index is 11.0. The summed E-state index contributed by atoms with van der Waals surface area (Å²) >= 11 is 0. The Hall–Kier alpha value is -1.58. The summed E-state index contributed by atoms with van der Waals surface area (Å²) in [5.41, 5.74) is 1.14. The molecule has 0 fully saturated rings. The fraction of sp³-hybridized carbons (Fsp3) is 0.571. The molecule has 0 bridgehead atoms. The van der Waals surface area contributed by atoms with E-state index in [1.807, 2.05) is 0 Å². The summed E-state index contributed by atoms with van der Waals surface area (Å²) in [6, 6.07) is 3.25. The highest BCUT2D eigenvalue weighted by Crippen LogP contribution is 2.13. The highest BCUT2D eigenvalue weighted by atomic mass is 16.4. The number of nitrogens with zero attached hydrogens (tertiary/aromatic N) is 1. The second kappa shape index (κ2) is 6.99. The van der Waals surface area contributed by atoms with Gasteiger partial charge < -0.3 is 10.4 Å². The van der Waals surface area contributed by atoms with Gasteiger partial charge >= 0.3 is 5.97 Å². The van der Waals surface area contributed by atoms with Gasteiger partial charge in [-0.25, -0.2) is 9.78 Å². The fourth-order valence-electron chi connectivity index (χ4n) is 1.61. The van der Waals surface area contributed by atoms with Gasteiger partial charge in [0.2, 0.25) is 0 Å². The molecule has 0 saturated carbocycles. The second-order valence-electron chi connectivity index (χ2n) is 4.68. The minimum atomic E-state index is -0.902. The van der Waals surface area contributed by atoms with Crippen molar-refractivity contribution in [2.45, 2.75) is 40.0 Å². The number of nitrogens with one attached hydrogen (secondary N) is 1. The van der Waals surface area contributed by atoms with E-state index in [2.05, 4.69) is 31.1 Å². The van der Waals surface area contributed by atoms with E-state index in [1.165, 1.54) is 0 Å². The van der Waals surface area contributed by atoms with Crippen LogP contribution in [0.3, 0.4) is 0 Å². The number of carboxylic acids is 1. The molecule has 0 aliphatic heterocycles. The van der Waals surface area contributed by atoms with Crippen molar-refractivity contribution in [3.63, 3.8) is 0 Å². The van der Waals surface area contributed by atoms with Crippen LogP contribution in [-0.2, 0) is 6.42 Å². The first-order valence-electron chi connectivity index (χ1n) is 6.54. The first-order chi connectivity index (χ1) is 8.56. The normalized spacial score (nSPS) is 12.2. The van der Waals surface area contributed by atoms with E-state index < -0.39 is 5.97 Å². The highest BCUT2D eigenvalue weighted by molar-refractivity contribution is 5.88. The molecule has 0 spiro atoms. The van der Waals surface area contributed by atoms with Crippen LogP contribution in [0, 0.1) is 5.92 Å². The zero-order valence-electron chi connectivity index (χ0n) is 11.4. The van der Waals surface area contributed by atoms with Crippen LogP contribution in [-0.4, -0.2) is 22.6 Å². The summed E-state index contributed by atoms with van der Waals surface area (Å²) in [4.78, 5) is 15.5. The van der Waals surface area contributed by atoms with Crippen LogP contribution in [0.5, 0.6) is 0 Å². The van der Waals surface area contributed by atoms with Crippen molar-refractivity contribution < 1.29 is 9.90 Å². The Labute approximate surface area is 108 Å². The minimum absolute atomic E-state index is 0.306. The Morgan fingerprint density at radius 1 is 1.44 bits per heavy atom. The summed E-state index contributed by atoms with van der Waals surface area (Å²) < 4.78 is 0. The molecule has 1 atom stereocenters. The number of hydrogen-bond donors (Lipinski definition) is 2. The lowest BCUT2D eigenvalue weighted by molar-refractivity contribution is 0.0696. The van der Waals surface area contributed by atoms with Gasteiger partial charge in [0.05, 0.1) is 5.56 Å². The van der Waals surface area contributed by atoms with Crippen LogP contribution in [0.15, 0.2) is 12.1 Å². The standard InChI is InChI=1S/C14H22N2O2/c1-4-6-12-7-11(14(17)18)8-13(16-12)15-9-10(3)5-2/h7-8,10H,4-6,9H2,1-3H3,(H,15,16)(H,17,18). The Balaban J connectivity index is 2.85. The zero-order valence-corrected chi connectivity index (χ0v) is 11.4. The molecule has 1 aromatic heterocycles. The first-order valence-corrected chi connectivity index (χ1v) is 6.54. The summed E-state index contributed by atoms with van der Waals surface area (Å²) in [6.07, 6.45) is 2.85. The Bertz CT molecular complexity index is 405. The maximum absolute atomic E-state index is 11.0. The van der Waals surface area contributed by atoms with Crippen LogP contribution in [0.1, 0.15) is 49.7 Å². The smallest absolute Gasteiger partial charge is 0.335 e. The number of pyridine rings is 1. The van der Waals surface area contributed by atoms with E-state index in [0.717, 1.165) is 31.5 Å². The lowest BCUT2D eigenvalue weighted by atomic mass is 10.1. The van der Waals surface area contributed by atoms with Gasteiger partial charge in [-0.2, -0.15) is 0 Å². The van der Waals surface area contributed by atoms with Gasteiger partial charge in [-0.15, -0.1) is 0 Å². The summed E-state index contributed by atoms with van der Waals surface area (Å²) in [7, 11) is 0. The number of aryl methyl sites for hydroxylation is 1. The van der Waals surface area contributed by atoms with Crippen molar-refractivity contribution in [3.8, 4) is 0 Å². The summed E-state index contributed by atoms with van der Waals surface area (Å²) in [5.74, 6) is 0.315. The number of anilines is 1. The second-order valence-corrected chi connectivity index (χ2v) is 4.68. The van der Waals surface area contributed by atoms with E-state index in [9.17, 15) is 4.79 Å². The maximum Gasteiger partial charge on any atom is 0.335 e. The van der Waals surface area contributed by atoms with Gasteiger partial charge in [0.1, 0.15) is 5.82 Å². The van der Waals surface area contributed by atoms with Gasteiger partial charge in [-0.05, 0) is 24.5 Å². The van der Waals surface area contributed by atoms with Crippen LogP contribution < -0.4 is 5.32 Å². The van der Waals surface area contributed by atoms with Gasteiger partial charge in [0.15, 0.2) is 0 Å². The fourth-order valence-corrected chi connectivity index (χ4v) is 1.61. The van der Waals surface area contributed by atoms with Gasteiger partial charge in [0, 0.05) is 12.2 Å². The van der Waals surface area contributed by atoms with E-state index in [1.54, 1.807) is 12.1 Å². The average Bonchev–Trinajstić information content (AvgIpc) is 2.36. The van der Waals surface area contributed by atoms with Crippen molar-refractivity contribution >= 4 is 11.8 Å². The molecule has 2 N–H and O–H groups in total. The molecule has 4 nitrogen and oxygen atoms in total. The SMILES string of the molecule is CCCc1cc(C(=O)O)cc(NCC(C)CC)n1. The van der Waals surface area contributed by atoms with E-state index >= 15 is 0 Å². The molecular formula is C14H22N2O2. The largest absolute Gasteiger partial charge is 0.478 e. The number of aromatic carboxylic acids is 1. The number of carbonyl (C=O) groups is 1. The van der Waals surface area contributed by atoms with Gasteiger partial charge in [-0.1, -0.05) is 33.6 Å². The topological polar surface area (TPSA) is 62.2 Å². The predicted octanol–water partition coefficient (Wildman–Crippen LogP) is 3.19. The van der Waals surface area contributed by atoms with Crippen molar-refractivity contribution in [3.05, 3.63) is 23.4 Å². The van der Waals surface area contributed by atoms with E-state index in [4.69, 9.17) is 5.11 Å². The van der Waals surface area contributed by atoms with Crippen LogP contribution >= 0.6 is 0 Å². The Morgan fingerprint density at radius 3 is 2.72 bits per heavy atom. The van der Waals surface area contributed by atoms with Crippen LogP contribution in [0.2, 0.25) is 0 Å². The third-order valence-electron chi connectivity index (χ3n) is 2.96. The molecule has 1 heterocycles. The molecule has 4 heteroatoms. The number of aromatic nitrogens is 1. The van der Waals surface area contributed by atoms with Crippen molar-refractivity contribution in [1.29, 1.82) is 0 Å². The lowest BCUT2D eigenvalue weighted by Crippen LogP contribution is -2.13. The Kier molecular flexibility index (Phi) is 5.62. The summed E-state index contributed by atoms with van der Waals surface area (Å²) in [5, 5.41) is 12.3. The Morgan fingerprint density at radius 2 is 2.17 bits per heavy atom. The summed E-state index contributed by atoms with van der Waals surface area (Å²) in [6.45, 7) is 7.16. The number of rotatable bonds is 7. The molecule has 1 aromatic rings. The molecule has 100 valence electrons. The zero-order chi connectivity index (χ0) is 13.5. The first kappa shape index (κ1) is 14.5. The average molecular weight is 250 g/mol. The van der Waals surface area contributed by atoms with Crippen molar-refractivity contribution in [2.75, 3.05) is 11.9 Å². The van der Waals surface area contributed by atoms with Crippen LogP contribution in [0.4, 0.5) is 5.82 Å². The molecule has 0 aromatic carbocycles. The molecular weight excluding hydrogens is 228 g/mol. The van der Waals surface area contributed by atoms with Gasteiger partial charge in [-0.3, -0.25) is 0 Å². The molecule has 0 aliphatic carbocycles. The molecule has 0 amide bonds. The molecule has 18 heavy (non-hydrogen) atoms. The highest BCUT2D eigenvalue weighted by Gasteiger charge is 2.08. The predicted molar refractivity (Wildman–Crippen MR) is 73.1 cm³/mol. The van der Waals surface area contributed by atoms with E-state index in [0.29, 0.717) is 17.3 Å². The monoisotopic (exact) mass is 250 g/mol. The minimum Gasteiger partial charge on any atom is -0.478 e. The van der Waals surface area contributed by atoms with Crippen molar-refractivity contribution in [2.24, 2.45) is 5.92 Å². The van der Waals surface area contributed by atoms with Crippen molar-refractivity contribution in [1.82, 2.24) is 4.98 Å². The number of hydrogen-bond acceptors (Lipinski definition) is 3. The quantitative estimate of drug-likeness (QED) is 0.780. The molecule has 1 rings (SSSR count). The van der Waals surface area contributed by atoms with Gasteiger partial charge in [0.25, 0.3) is 0 Å². The molecule has 0 radical (unpaired) electrons.